The molecule has 4 N–H and O–H groups in total. The van der Waals surface area contributed by atoms with Crippen molar-refractivity contribution in [1.29, 1.82) is 0 Å². The summed E-state index contributed by atoms with van der Waals surface area (Å²) in [5.41, 5.74) is 3.25. The molecule has 0 aliphatic rings. The molecule has 0 atom stereocenters. The average molecular weight is 619 g/mol. The molecular formula is C35H62N4O5. The summed E-state index contributed by atoms with van der Waals surface area (Å²) in [4.78, 5) is 26.9. The Morgan fingerprint density at radius 1 is 0.864 bits per heavy atom. The Bertz CT molecular complexity index is 947. The van der Waals surface area contributed by atoms with E-state index in [1.54, 1.807) is 30.2 Å². The van der Waals surface area contributed by atoms with Gasteiger partial charge < -0.3 is 25.6 Å². The van der Waals surface area contributed by atoms with E-state index >= 15 is 0 Å². The maximum absolute atomic E-state index is 12.3. The molecule has 0 aliphatic carbocycles. The molecule has 44 heavy (non-hydrogen) atoms. The minimum atomic E-state index is -0.876. The Morgan fingerprint density at radius 2 is 1.36 bits per heavy atom. The van der Waals surface area contributed by atoms with Crippen LogP contribution in [-0.4, -0.2) is 85.3 Å². The van der Waals surface area contributed by atoms with Gasteiger partial charge in [-0.2, -0.15) is 0 Å². The van der Waals surface area contributed by atoms with Gasteiger partial charge >= 0.3 is 5.97 Å². The van der Waals surface area contributed by atoms with Crippen molar-refractivity contribution >= 4 is 23.3 Å². The summed E-state index contributed by atoms with van der Waals surface area (Å²) in [6.45, 7) is 25.2. The SMILES string of the molecule is C=CCN(CCN(CC)CC(=O)Nc1ccccc1OC)CC(=O)O.C=CO.CC.CC.CC.CCc1ccccc1NC. The molecule has 0 heterocycles. The van der Waals surface area contributed by atoms with Crippen molar-refractivity contribution < 1.29 is 24.5 Å². The number of para-hydroxylation sites is 3. The van der Waals surface area contributed by atoms with Crippen molar-refractivity contribution in [3.63, 3.8) is 0 Å². The number of likely N-dealkylation sites (N-methyl/N-ethyl adjacent to an activating group) is 1. The second-order valence-corrected chi connectivity index (χ2v) is 7.98. The number of ether oxygens (including phenoxy) is 1. The molecule has 9 heteroatoms. The summed E-state index contributed by atoms with van der Waals surface area (Å²) < 4.78 is 5.22. The van der Waals surface area contributed by atoms with Crippen LogP contribution in [0.1, 0.15) is 61.0 Å². The summed E-state index contributed by atoms with van der Waals surface area (Å²) in [5, 5.41) is 22.2. The van der Waals surface area contributed by atoms with Crippen LogP contribution in [-0.2, 0) is 16.0 Å². The second kappa shape index (κ2) is 35.4. The standard InChI is InChI=1S/C18H27N3O4.C9H13N.C2H4O.3C2H6/c1-4-10-21(14-18(23)24)12-11-20(5-2)13-17(22)19-15-8-6-7-9-16(15)25-3;1-3-8-6-4-5-7-9(8)10-2;1-2-3;3*1-2/h4,6-9H,1,5,10-14H2,2-3H3,(H,19,22)(H,23,24);4-7,10H,3H2,1-2H3;2-3H,1H2;3*1-2H3. The molecule has 0 aliphatic heterocycles. The van der Waals surface area contributed by atoms with E-state index in [0.29, 0.717) is 37.6 Å². The lowest BCUT2D eigenvalue weighted by molar-refractivity contribution is -0.138. The molecule has 9 nitrogen and oxygen atoms in total. The van der Waals surface area contributed by atoms with Crippen LogP contribution in [0, 0.1) is 0 Å². The maximum Gasteiger partial charge on any atom is 0.317 e. The number of benzene rings is 2. The van der Waals surface area contributed by atoms with Crippen molar-refractivity contribution in [3.05, 3.63) is 79.6 Å². The predicted molar refractivity (Wildman–Crippen MR) is 190 cm³/mol. The van der Waals surface area contributed by atoms with Crippen molar-refractivity contribution in [2.45, 2.75) is 61.8 Å². The highest BCUT2D eigenvalue weighted by molar-refractivity contribution is 5.93. The van der Waals surface area contributed by atoms with Gasteiger partial charge in [0, 0.05) is 32.4 Å². The third kappa shape index (κ3) is 24.7. The number of nitrogens with zero attached hydrogens (tertiary/aromatic N) is 2. The van der Waals surface area contributed by atoms with Crippen LogP contribution in [0.3, 0.4) is 0 Å². The van der Waals surface area contributed by atoms with Crippen molar-refractivity contribution in [2.75, 3.05) is 64.1 Å². The number of carboxylic acid groups (broad SMARTS) is 1. The lowest BCUT2D eigenvalue weighted by Gasteiger charge is -2.24. The van der Waals surface area contributed by atoms with Crippen LogP contribution in [0.25, 0.3) is 0 Å². The number of amides is 1. The van der Waals surface area contributed by atoms with E-state index < -0.39 is 5.97 Å². The van der Waals surface area contributed by atoms with Crippen molar-refractivity contribution in [2.24, 2.45) is 0 Å². The summed E-state index contributed by atoms with van der Waals surface area (Å²) in [6, 6.07) is 15.6. The molecule has 2 rings (SSSR count). The quantitative estimate of drug-likeness (QED) is 0.127. The number of aliphatic hydroxyl groups excluding tert-OH is 1. The largest absolute Gasteiger partial charge is 0.516 e. The zero-order chi connectivity index (χ0) is 34.8. The molecule has 0 bridgehead atoms. The number of nitrogens with one attached hydrogen (secondary N) is 2. The number of methoxy groups -OCH3 is 1. The van der Waals surface area contributed by atoms with Gasteiger partial charge in [-0.1, -0.05) is 98.4 Å². The molecular weight excluding hydrogens is 556 g/mol. The van der Waals surface area contributed by atoms with Gasteiger partial charge in [-0.25, -0.2) is 0 Å². The van der Waals surface area contributed by atoms with Crippen molar-refractivity contribution in [3.8, 4) is 5.75 Å². The fraction of sp³-hybridized carbons (Fsp3) is 0.486. The normalized spacial score (nSPS) is 8.91. The van der Waals surface area contributed by atoms with Gasteiger partial charge in [0.2, 0.25) is 5.91 Å². The average Bonchev–Trinajstić information content (AvgIpc) is 3.06. The third-order valence-electron chi connectivity index (χ3n) is 5.34. The molecule has 0 spiro atoms. The van der Waals surface area contributed by atoms with E-state index in [0.717, 1.165) is 12.7 Å². The number of hydrogen-bond acceptors (Lipinski definition) is 7. The Kier molecular flexibility index (Phi) is 37.9. The van der Waals surface area contributed by atoms with Crippen LogP contribution >= 0.6 is 0 Å². The van der Waals surface area contributed by atoms with Gasteiger partial charge in [-0.05, 0) is 36.7 Å². The summed E-state index contributed by atoms with van der Waals surface area (Å²) >= 11 is 0. The number of carbonyl (C=O) groups is 2. The van der Waals surface area contributed by atoms with E-state index in [4.69, 9.17) is 14.9 Å². The van der Waals surface area contributed by atoms with Crippen molar-refractivity contribution in [1.82, 2.24) is 9.80 Å². The van der Waals surface area contributed by atoms with E-state index in [1.807, 2.05) is 78.6 Å². The summed E-state index contributed by atoms with van der Waals surface area (Å²) in [6.07, 6.45) is 3.52. The molecule has 0 saturated heterocycles. The van der Waals surface area contributed by atoms with Crippen LogP contribution in [0.15, 0.2) is 74.0 Å². The topological polar surface area (TPSA) is 114 Å². The number of carbonyl (C=O) groups excluding carboxylic acids is 1. The lowest BCUT2D eigenvalue weighted by Crippen LogP contribution is -2.40. The van der Waals surface area contributed by atoms with Gasteiger partial charge in [0.15, 0.2) is 0 Å². The molecule has 1 amide bonds. The Morgan fingerprint density at radius 3 is 1.80 bits per heavy atom. The molecule has 0 radical (unpaired) electrons. The van der Waals surface area contributed by atoms with Gasteiger partial charge in [0.25, 0.3) is 0 Å². The van der Waals surface area contributed by atoms with Crippen LogP contribution in [0.4, 0.5) is 11.4 Å². The second-order valence-electron chi connectivity index (χ2n) is 7.98. The summed E-state index contributed by atoms with van der Waals surface area (Å²) in [7, 11) is 3.51. The first kappa shape index (κ1) is 47.1. The first-order chi connectivity index (χ1) is 21.3. The third-order valence-corrected chi connectivity index (χ3v) is 5.34. The predicted octanol–water partition coefficient (Wildman–Crippen LogP) is 7.59. The summed E-state index contributed by atoms with van der Waals surface area (Å²) in [5.74, 6) is -0.406. The smallest absolute Gasteiger partial charge is 0.317 e. The monoisotopic (exact) mass is 618 g/mol. The highest BCUT2D eigenvalue weighted by atomic mass is 16.5. The molecule has 252 valence electrons. The molecule has 0 aromatic heterocycles. The maximum atomic E-state index is 12.3. The zero-order valence-corrected chi connectivity index (χ0v) is 29.2. The van der Waals surface area contributed by atoms with Crippen LogP contribution in [0.2, 0.25) is 0 Å². The minimum Gasteiger partial charge on any atom is -0.516 e. The first-order valence-corrected chi connectivity index (χ1v) is 15.5. The highest BCUT2D eigenvalue weighted by Gasteiger charge is 2.14. The number of aliphatic hydroxyl groups is 1. The molecule has 2 aromatic carbocycles. The molecule has 0 saturated carbocycles. The lowest BCUT2D eigenvalue weighted by atomic mass is 10.1. The Labute approximate surface area is 268 Å². The number of carboxylic acids is 1. The Balaban J connectivity index is -0.000000346. The molecule has 0 unspecified atom stereocenters. The van der Waals surface area contributed by atoms with Gasteiger partial charge in [0.05, 0.1) is 32.1 Å². The fourth-order valence-corrected chi connectivity index (χ4v) is 3.45. The number of aliphatic carboxylic acids is 1. The highest BCUT2D eigenvalue weighted by Crippen LogP contribution is 2.22. The number of aryl methyl sites for hydroxylation is 1. The number of anilines is 2. The number of hydrogen-bond donors (Lipinski definition) is 4. The minimum absolute atomic E-state index is 0.0447. The van der Waals surface area contributed by atoms with E-state index in [9.17, 15) is 9.59 Å². The Hall–Kier alpha value is -3.82. The fourth-order valence-electron chi connectivity index (χ4n) is 3.45. The van der Waals surface area contributed by atoms with Gasteiger partial charge in [-0.3, -0.25) is 19.4 Å². The molecule has 0 fully saturated rings. The molecule has 2 aromatic rings. The van der Waals surface area contributed by atoms with Gasteiger partial charge in [0.1, 0.15) is 5.75 Å². The zero-order valence-electron chi connectivity index (χ0n) is 29.2. The number of rotatable bonds is 14. The van der Waals surface area contributed by atoms with Crippen LogP contribution < -0.4 is 15.4 Å². The van der Waals surface area contributed by atoms with Crippen LogP contribution in [0.5, 0.6) is 5.75 Å². The van der Waals surface area contributed by atoms with E-state index in [1.165, 1.54) is 11.3 Å². The van der Waals surface area contributed by atoms with Gasteiger partial charge in [-0.15, -0.1) is 6.58 Å². The van der Waals surface area contributed by atoms with E-state index in [-0.39, 0.29) is 19.0 Å². The first-order valence-electron chi connectivity index (χ1n) is 15.5. The van der Waals surface area contributed by atoms with E-state index in [2.05, 4.69) is 48.9 Å².